The van der Waals surface area contributed by atoms with Crippen molar-refractivity contribution in [3.63, 3.8) is 0 Å². The van der Waals surface area contributed by atoms with Crippen LogP contribution in [0.1, 0.15) is 32.0 Å². The molecule has 2 heterocycles. The van der Waals surface area contributed by atoms with Gasteiger partial charge in [-0.1, -0.05) is 0 Å². The summed E-state index contributed by atoms with van der Waals surface area (Å²) < 4.78 is 6.91. The van der Waals surface area contributed by atoms with Crippen LogP contribution in [-0.4, -0.2) is 51.1 Å². The molecule has 1 unspecified atom stereocenters. The molecule has 1 aliphatic rings. The Morgan fingerprint density at radius 2 is 2.14 bits per heavy atom. The minimum Gasteiger partial charge on any atom is -0.394 e. The lowest BCUT2D eigenvalue weighted by atomic mass is 10.1. The highest BCUT2D eigenvalue weighted by Gasteiger charge is 2.28. The number of ether oxygens (including phenoxy) is 1. The molecule has 118 valence electrons. The number of aliphatic hydroxyl groups is 1. The minimum atomic E-state index is -0.488. The van der Waals surface area contributed by atoms with Gasteiger partial charge in [-0.25, -0.2) is 0 Å². The van der Waals surface area contributed by atoms with Crippen LogP contribution in [0.15, 0.2) is 4.79 Å². The first-order chi connectivity index (χ1) is 9.93. The van der Waals surface area contributed by atoms with Crippen LogP contribution in [0.5, 0.6) is 0 Å². The molecular weight excluding hydrogens is 274 g/mol. The smallest absolute Gasteiger partial charge is 0.270 e. The van der Waals surface area contributed by atoms with Gasteiger partial charge in [-0.05, 0) is 27.2 Å². The second-order valence-corrected chi connectivity index (χ2v) is 5.59. The lowest BCUT2D eigenvalue weighted by molar-refractivity contribution is -0.146. The number of hydrogen-bond donors (Lipinski definition) is 2. The van der Waals surface area contributed by atoms with Crippen molar-refractivity contribution in [1.82, 2.24) is 14.7 Å². The van der Waals surface area contributed by atoms with E-state index in [0.717, 1.165) is 5.69 Å². The van der Waals surface area contributed by atoms with Gasteiger partial charge in [0.2, 0.25) is 0 Å². The zero-order valence-electron chi connectivity index (χ0n) is 12.8. The molecule has 2 N–H and O–H groups in total. The number of H-pyrrole nitrogens is 1. The fourth-order valence-corrected chi connectivity index (χ4v) is 2.65. The molecule has 21 heavy (non-hydrogen) atoms. The number of nitrogens with one attached hydrogen (secondary N) is 1. The summed E-state index contributed by atoms with van der Waals surface area (Å²) in [6, 6.07) is 0. The molecule has 1 atom stereocenters. The Balaban J connectivity index is 2.10. The van der Waals surface area contributed by atoms with Crippen molar-refractivity contribution in [2.45, 2.75) is 52.5 Å². The summed E-state index contributed by atoms with van der Waals surface area (Å²) >= 11 is 0. The van der Waals surface area contributed by atoms with Crippen LogP contribution in [0.4, 0.5) is 0 Å². The number of rotatable bonds is 5. The highest BCUT2D eigenvalue weighted by atomic mass is 16.5. The quantitative estimate of drug-likeness (QED) is 0.792. The first kappa shape index (κ1) is 15.8. The molecule has 0 aliphatic carbocycles. The second kappa shape index (κ2) is 6.44. The molecule has 1 aliphatic heterocycles. The summed E-state index contributed by atoms with van der Waals surface area (Å²) in [5.41, 5.74) is 1.37. The lowest BCUT2D eigenvalue weighted by Gasteiger charge is -2.29. The topological polar surface area (TPSA) is 87.6 Å². The van der Waals surface area contributed by atoms with Crippen molar-refractivity contribution in [3.05, 3.63) is 21.6 Å². The van der Waals surface area contributed by atoms with E-state index >= 15 is 0 Å². The zero-order chi connectivity index (χ0) is 15.6. The Morgan fingerprint density at radius 1 is 1.43 bits per heavy atom. The van der Waals surface area contributed by atoms with Crippen LogP contribution in [0, 0.1) is 0 Å². The van der Waals surface area contributed by atoms with E-state index in [-0.39, 0.29) is 30.7 Å². The Kier molecular flexibility index (Phi) is 4.84. The molecule has 0 radical (unpaired) electrons. The second-order valence-electron chi connectivity index (χ2n) is 5.59. The third kappa shape index (κ3) is 3.36. The molecular formula is C14H23N3O4. The molecule has 1 aromatic rings. The van der Waals surface area contributed by atoms with E-state index in [2.05, 4.69) is 5.10 Å². The zero-order valence-corrected chi connectivity index (χ0v) is 12.8. The van der Waals surface area contributed by atoms with Crippen molar-refractivity contribution < 1.29 is 14.6 Å². The predicted octanol–water partition coefficient (Wildman–Crippen LogP) is -0.133. The summed E-state index contributed by atoms with van der Waals surface area (Å²) in [5, 5.41) is 11.9. The Labute approximate surface area is 123 Å². The molecule has 0 saturated heterocycles. The molecule has 1 aromatic heterocycles. The normalized spacial score (nSPS) is 16.1. The number of aromatic nitrogens is 2. The van der Waals surface area contributed by atoms with E-state index < -0.39 is 6.10 Å². The van der Waals surface area contributed by atoms with Crippen LogP contribution in [0.2, 0.25) is 0 Å². The largest absolute Gasteiger partial charge is 0.394 e. The number of nitrogens with zero attached hydrogens (tertiary/aromatic N) is 2. The maximum Gasteiger partial charge on any atom is 0.270 e. The van der Waals surface area contributed by atoms with E-state index in [9.17, 15) is 9.59 Å². The first-order valence-electron chi connectivity index (χ1n) is 7.29. The molecule has 7 nitrogen and oxygen atoms in total. The van der Waals surface area contributed by atoms with Gasteiger partial charge < -0.3 is 14.7 Å². The van der Waals surface area contributed by atoms with Gasteiger partial charge in [-0.15, -0.1) is 0 Å². The van der Waals surface area contributed by atoms with Crippen LogP contribution >= 0.6 is 0 Å². The van der Waals surface area contributed by atoms with Crippen molar-refractivity contribution in [1.29, 1.82) is 0 Å². The summed E-state index contributed by atoms with van der Waals surface area (Å²) in [5.74, 6) is -0.0647. The average molecular weight is 297 g/mol. The SMILES string of the molecule is CC(C)OC(C)C(=O)N1CCc2c([nH]n(CCO)c2=O)C1. The van der Waals surface area contributed by atoms with Crippen LogP contribution in [0.3, 0.4) is 0 Å². The third-order valence-corrected chi connectivity index (χ3v) is 3.58. The maximum absolute atomic E-state index is 12.3. The van der Waals surface area contributed by atoms with Gasteiger partial charge in [0, 0.05) is 12.1 Å². The molecule has 0 fully saturated rings. The minimum absolute atomic E-state index is 0.00486. The van der Waals surface area contributed by atoms with Gasteiger partial charge in [-0.3, -0.25) is 19.4 Å². The number of hydrogen-bond acceptors (Lipinski definition) is 4. The summed E-state index contributed by atoms with van der Waals surface area (Å²) in [6.07, 6.45) is 0.0380. The lowest BCUT2D eigenvalue weighted by Crippen LogP contribution is -2.43. The van der Waals surface area contributed by atoms with Crippen molar-refractivity contribution in [2.75, 3.05) is 13.2 Å². The highest BCUT2D eigenvalue weighted by Crippen LogP contribution is 2.16. The standard InChI is InChI=1S/C14H23N3O4/c1-9(2)21-10(3)13(19)16-5-4-11-12(8-16)15-17(6-7-18)14(11)20/h9-10,15,18H,4-8H2,1-3H3. The van der Waals surface area contributed by atoms with E-state index in [1.54, 1.807) is 11.8 Å². The van der Waals surface area contributed by atoms with Crippen LogP contribution in [-0.2, 0) is 29.0 Å². The summed E-state index contributed by atoms with van der Waals surface area (Å²) in [6.45, 7) is 6.58. The number of amides is 1. The fraction of sp³-hybridized carbons (Fsp3) is 0.714. The average Bonchev–Trinajstić information content (AvgIpc) is 2.74. The third-order valence-electron chi connectivity index (χ3n) is 3.58. The molecule has 0 saturated carbocycles. The van der Waals surface area contributed by atoms with Crippen molar-refractivity contribution in [2.24, 2.45) is 0 Å². The maximum atomic E-state index is 12.3. The van der Waals surface area contributed by atoms with Crippen molar-refractivity contribution >= 4 is 5.91 Å². The van der Waals surface area contributed by atoms with Gasteiger partial charge in [0.05, 0.1) is 31.5 Å². The molecule has 1 amide bonds. The van der Waals surface area contributed by atoms with Gasteiger partial charge >= 0.3 is 0 Å². The van der Waals surface area contributed by atoms with Gasteiger partial charge in [0.1, 0.15) is 6.10 Å². The van der Waals surface area contributed by atoms with Gasteiger partial charge in [-0.2, -0.15) is 0 Å². The Hall–Kier alpha value is -1.60. The number of aliphatic hydroxyl groups excluding tert-OH is 1. The molecule has 2 rings (SSSR count). The monoisotopic (exact) mass is 297 g/mol. The molecule has 0 aromatic carbocycles. The molecule has 0 bridgehead atoms. The van der Waals surface area contributed by atoms with E-state index in [0.29, 0.717) is 25.1 Å². The number of fused-ring (bicyclic) bond motifs is 1. The van der Waals surface area contributed by atoms with E-state index in [4.69, 9.17) is 9.84 Å². The van der Waals surface area contributed by atoms with Gasteiger partial charge in [0.15, 0.2) is 0 Å². The first-order valence-corrected chi connectivity index (χ1v) is 7.29. The number of carbonyl (C=O) groups excluding carboxylic acids is 1. The van der Waals surface area contributed by atoms with Crippen LogP contribution in [0.25, 0.3) is 0 Å². The predicted molar refractivity (Wildman–Crippen MR) is 76.9 cm³/mol. The highest BCUT2D eigenvalue weighted by molar-refractivity contribution is 5.80. The number of aromatic amines is 1. The van der Waals surface area contributed by atoms with E-state index in [1.807, 2.05) is 13.8 Å². The number of carbonyl (C=O) groups is 1. The molecule has 0 spiro atoms. The summed E-state index contributed by atoms with van der Waals surface area (Å²) in [4.78, 5) is 26.1. The summed E-state index contributed by atoms with van der Waals surface area (Å²) in [7, 11) is 0. The fourth-order valence-electron chi connectivity index (χ4n) is 2.65. The van der Waals surface area contributed by atoms with E-state index in [1.165, 1.54) is 4.68 Å². The Bertz CT molecular complexity index is 561. The Morgan fingerprint density at radius 3 is 2.76 bits per heavy atom. The van der Waals surface area contributed by atoms with Gasteiger partial charge in [0.25, 0.3) is 11.5 Å². The van der Waals surface area contributed by atoms with Crippen LogP contribution < -0.4 is 5.56 Å². The molecule has 7 heteroatoms. The van der Waals surface area contributed by atoms with Crippen molar-refractivity contribution in [3.8, 4) is 0 Å².